The summed E-state index contributed by atoms with van der Waals surface area (Å²) in [5, 5.41) is 19.7. The van der Waals surface area contributed by atoms with Gasteiger partial charge >= 0.3 is 0 Å². The van der Waals surface area contributed by atoms with Gasteiger partial charge in [0.15, 0.2) is 0 Å². The molecule has 0 amide bonds. The fourth-order valence-corrected chi connectivity index (χ4v) is 2.05. The van der Waals surface area contributed by atoms with Gasteiger partial charge in [-0.1, -0.05) is 48.5 Å². The van der Waals surface area contributed by atoms with Crippen molar-refractivity contribution in [1.82, 2.24) is 0 Å². The molecule has 106 valence electrons. The zero-order valence-electron chi connectivity index (χ0n) is 10.9. The van der Waals surface area contributed by atoms with Crippen LogP contribution in [0.15, 0.2) is 54.6 Å². The van der Waals surface area contributed by atoms with Gasteiger partial charge in [-0.3, -0.25) is 0 Å². The molecule has 0 radical (unpaired) electrons. The van der Waals surface area contributed by atoms with Gasteiger partial charge in [0.25, 0.3) is 0 Å². The first kappa shape index (κ1) is 14.9. The van der Waals surface area contributed by atoms with E-state index in [4.69, 9.17) is 16.3 Å². The highest BCUT2D eigenvalue weighted by molar-refractivity contribution is 6.18. The highest BCUT2D eigenvalue weighted by Crippen LogP contribution is 2.28. The predicted octanol–water partition coefficient (Wildman–Crippen LogP) is 2.90. The van der Waals surface area contributed by atoms with Crippen LogP contribution < -0.4 is 4.74 Å². The molecule has 0 aromatic heterocycles. The molecule has 0 aliphatic heterocycles. The standard InChI is InChI=1S/C16H17ClO3/c17-10-14(18)16(19)13-8-4-5-9-15(13)20-11-12-6-2-1-3-7-12/h1-9,14,16,18-19H,10-11H2. The number of rotatable bonds is 6. The van der Waals surface area contributed by atoms with Crippen LogP contribution in [0.25, 0.3) is 0 Å². The zero-order valence-corrected chi connectivity index (χ0v) is 11.7. The highest BCUT2D eigenvalue weighted by Gasteiger charge is 2.20. The summed E-state index contributed by atoms with van der Waals surface area (Å²) >= 11 is 5.57. The van der Waals surface area contributed by atoms with Gasteiger partial charge in [-0.2, -0.15) is 0 Å². The average Bonchev–Trinajstić information content (AvgIpc) is 2.52. The minimum Gasteiger partial charge on any atom is -0.489 e. The lowest BCUT2D eigenvalue weighted by atomic mass is 10.0. The van der Waals surface area contributed by atoms with Crippen molar-refractivity contribution in [3.63, 3.8) is 0 Å². The van der Waals surface area contributed by atoms with Crippen LogP contribution in [0.2, 0.25) is 0 Å². The third-order valence-electron chi connectivity index (χ3n) is 3.00. The number of benzene rings is 2. The molecule has 0 saturated carbocycles. The summed E-state index contributed by atoms with van der Waals surface area (Å²) in [6.07, 6.45) is -2.07. The topological polar surface area (TPSA) is 49.7 Å². The van der Waals surface area contributed by atoms with Gasteiger partial charge in [-0.25, -0.2) is 0 Å². The summed E-state index contributed by atoms with van der Waals surface area (Å²) in [6, 6.07) is 16.9. The summed E-state index contributed by atoms with van der Waals surface area (Å²) in [5.74, 6) is 0.516. The van der Waals surface area contributed by atoms with Crippen molar-refractivity contribution in [3.05, 3.63) is 65.7 Å². The van der Waals surface area contributed by atoms with Gasteiger partial charge in [0.1, 0.15) is 18.5 Å². The molecule has 2 atom stereocenters. The van der Waals surface area contributed by atoms with Crippen LogP contribution in [0.3, 0.4) is 0 Å². The van der Waals surface area contributed by atoms with Crippen LogP contribution in [0.5, 0.6) is 5.75 Å². The fraction of sp³-hybridized carbons (Fsp3) is 0.250. The van der Waals surface area contributed by atoms with Crippen molar-refractivity contribution in [2.75, 3.05) is 5.88 Å². The van der Waals surface area contributed by atoms with E-state index in [0.29, 0.717) is 17.9 Å². The number of hydrogen-bond donors (Lipinski definition) is 2. The van der Waals surface area contributed by atoms with E-state index in [2.05, 4.69) is 0 Å². The van der Waals surface area contributed by atoms with Crippen molar-refractivity contribution in [2.45, 2.75) is 18.8 Å². The van der Waals surface area contributed by atoms with E-state index in [-0.39, 0.29) is 5.88 Å². The molecule has 2 unspecified atom stereocenters. The Morgan fingerprint density at radius 2 is 1.60 bits per heavy atom. The molecule has 4 heteroatoms. The zero-order chi connectivity index (χ0) is 14.4. The van der Waals surface area contributed by atoms with Gasteiger partial charge in [-0.05, 0) is 11.6 Å². The first-order valence-electron chi connectivity index (χ1n) is 6.40. The molecular weight excluding hydrogens is 276 g/mol. The van der Waals surface area contributed by atoms with Crippen LogP contribution in [-0.4, -0.2) is 22.2 Å². The van der Waals surface area contributed by atoms with E-state index < -0.39 is 12.2 Å². The summed E-state index contributed by atoms with van der Waals surface area (Å²) in [6.45, 7) is 0.404. The number of alkyl halides is 1. The minimum absolute atomic E-state index is 0.0335. The Balaban J connectivity index is 2.12. The normalized spacial score (nSPS) is 13.8. The van der Waals surface area contributed by atoms with Gasteiger partial charge in [0, 0.05) is 5.56 Å². The van der Waals surface area contributed by atoms with E-state index in [9.17, 15) is 10.2 Å². The van der Waals surface area contributed by atoms with Crippen LogP contribution in [-0.2, 0) is 6.61 Å². The largest absolute Gasteiger partial charge is 0.489 e. The van der Waals surface area contributed by atoms with Crippen molar-refractivity contribution >= 4 is 11.6 Å². The maximum atomic E-state index is 10.1. The third-order valence-corrected chi connectivity index (χ3v) is 3.31. The number of hydrogen-bond acceptors (Lipinski definition) is 3. The van der Waals surface area contributed by atoms with Crippen molar-refractivity contribution < 1.29 is 14.9 Å². The number of para-hydroxylation sites is 1. The third kappa shape index (κ3) is 3.73. The SMILES string of the molecule is OC(CCl)C(O)c1ccccc1OCc1ccccc1. The Morgan fingerprint density at radius 3 is 2.30 bits per heavy atom. The van der Waals surface area contributed by atoms with E-state index in [1.165, 1.54) is 0 Å². The lowest BCUT2D eigenvalue weighted by Crippen LogP contribution is -2.20. The van der Waals surface area contributed by atoms with Crippen LogP contribution in [0.4, 0.5) is 0 Å². The van der Waals surface area contributed by atoms with Gasteiger partial charge in [0.05, 0.1) is 12.0 Å². The average molecular weight is 293 g/mol. The molecule has 0 spiro atoms. The second-order valence-electron chi connectivity index (χ2n) is 4.48. The lowest BCUT2D eigenvalue weighted by molar-refractivity contribution is 0.0306. The van der Waals surface area contributed by atoms with Crippen LogP contribution >= 0.6 is 11.6 Å². The monoisotopic (exact) mass is 292 g/mol. The quantitative estimate of drug-likeness (QED) is 0.805. The molecule has 0 heterocycles. The predicted molar refractivity (Wildman–Crippen MR) is 78.9 cm³/mol. The van der Waals surface area contributed by atoms with Gasteiger partial charge < -0.3 is 14.9 Å². The molecule has 0 aliphatic rings. The molecule has 2 N–H and O–H groups in total. The van der Waals surface area contributed by atoms with Gasteiger partial charge in [-0.15, -0.1) is 11.6 Å². The minimum atomic E-state index is -1.06. The first-order chi connectivity index (χ1) is 9.72. The summed E-state index contributed by atoms with van der Waals surface area (Å²) in [4.78, 5) is 0. The number of ether oxygens (including phenoxy) is 1. The Morgan fingerprint density at radius 1 is 0.950 bits per heavy atom. The second-order valence-corrected chi connectivity index (χ2v) is 4.79. The number of halogens is 1. The molecule has 0 aliphatic carbocycles. The van der Waals surface area contributed by atoms with Crippen molar-refractivity contribution in [1.29, 1.82) is 0 Å². The summed E-state index contributed by atoms with van der Waals surface area (Å²) in [7, 11) is 0. The van der Waals surface area contributed by atoms with E-state index >= 15 is 0 Å². The van der Waals surface area contributed by atoms with Crippen molar-refractivity contribution in [2.24, 2.45) is 0 Å². The summed E-state index contributed by atoms with van der Waals surface area (Å²) < 4.78 is 5.72. The summed E-state index contributed by atoms with van der Waals surface area (Å²) in [5.41, 5.74) is 1.58. The lowest BCUT2D eigenvalue weighted by Gasteiger charge is -2.19. The highest BCUT2D eigenvalue weighted by atomic mass is 35.5. The maximum Gasteiger partial charge on any atom is 0.125 e. The second kappa shape index (κ2) is 7.29. The number of aliphatic hydroxyl groups excluding tert-OH is 2. The first-order valence-corrected chi connectivity index (χ1v) is 6.93. The maximum absolute atomic E-state index is 10.1. The Bertz CT molecular complexity index is 530. The van der Waals surface area contributed by atoms with E-state index in [1.807, 2.05) is 36.4 Å². The van der Waals surface area contributed by atoms with Crippen molar-refractivity contribution in [3.8, 4) is 5.75 Å². The molecule has 2 rings (SSSR count). The molecule has 0 saturated heterocycles. The molecule has 0 bridgehead atoms. The van der Waals surface area contributed by atoms with Crippen LogP contribution in [0, 0.1) is 0 Å². The molecule has 20 heavy (non-hydrogen) atoms. The van der Waals surface area contributed by atoms with E-state index in [1.54, 1.807) is 18.2 Å². The Labute approximate surface area is 123 Å². The molecular formula is C16H17ClO3. The smallest absolute Gasteiger partial charge is 0.125 e. The molecule has 2 aromatic carbocycles. The number of aliphatic hydroxyl groups is 2. The Kier molecular flexibility index (Phi) is 5.41. The fourth-order valence-electron chi connectivity index (χ4n) is 1.88. The molecule has 2 aromatic rings. The Hall–Kier alpha value is -1.55. The molecule has 3 nitrogen and oxygen atoms in total. The molecule has 0 fully saturated rings. The van der Waals surface area contributed by atoms with Gasteiger partial charge in [0.2, 0.25) is 0 Å². The van der Waals surface area contributed by atoms with E-state index in [0.717, 1.165) is 5.56 Å². The van der Waals surface area contributed by atoms with Crippen LogP contribution in [0.1, 0.15) is 17.2 Å².